The number of para-hydroxylation sites is 4. The van der Waals surface area contributed by atoms with Crippen LogP contribution in [0.5, 0.6) is 0 Å². The minimum absolute atomic E-state index is 0.444. The van der Waals surface area contributed by atoms with Crippen LogP contribution in [0.25, 0.3) is 49.9 Å². The summed E-state index contributed by atoms with van der Waals surface area (Å²) in [5.41, 5.74) is 11.3. The standard InChI is InChI=1S/C47H36FN5/c1-47(2)36-25-23-31(44(48)30-14-13-15-32(28-30)46-50-37-19-8-10-21-39(37)51(46)3)29-41(36)53(42-22-11-12-27-49-42)40-26-24-35-34-18-7-9-20-38(34)52(45(35)43(40)47)33-16-5-4-6-17-33/h4-29,44H,1-3H3. The number of benzene rings is 6. The number of hydrogen-bond donors (Lipinski definition) is 0. The summed E-state index contributed by atoms with van der Waals surface area (Å²) < 4.78 is 21.4. The summed E-state index contributed by atoms with van der Waals surface area (Å²) in [5, 5.41) is 2.40. The van der Waals surface area contributed by atoms with Crippen molar-refractivity contribution in [3.8, 4) is 17.1 Å². The molecular weight excluding hydrogens is 654 g/mol. The fourth-order valence-electron chi connectivity index (χ4n) is 8.54. The highest BCUT2D eigenvalue weighted by atomic mass is 19.1. The molecular formula is C47H36FN5. The van der Waals surface area contributed by atoms with Gasteiger partial charge in [0, 0.05) is 46.2 Å². The van der Waals surface area contributed by atoms with Crippen molar-refractivity contribution < 1.29 is 4.39 Å². The van der Waals surface area contributed by atoms with Gasteiger partial charge in [-0.05, 0) is 77.4 Å². The van der Waals surface area contributed by atoms with Crippen molar-refractivity contribution in [2.75, 3.05) is 4.90 Å². The normalized spacial score (nSPS) is 14.1. The lowest BCUT2D eigenvalue weighted by Crippen LogP contribution is -2.32. The fraction of sp³-hybridized carbons (Fsp3) is 0.106. The molecule has 9 aromatic rings. The Hall–Kier alpha value is -6.53. The van der Waals surface area contributed by atoms with E-state index in [4.69, 9.17) is 9.97 Å². The molecule has 0 amide bonds. The zero-order chi connectivity index (χ0) is 35.8. The van der Waals surface area contributed by atoms with Gasteiger partial charge < -0.3 is 9.13 Å². The molecule has 1 aliphatic heterocycles. The molecule has 0 spiro atoms. The molecule has 5 nitrogen and oxygen atoms in total. The maximum absolute atomic E-state index is 17.0. The zero-order valence-electron chi connectivity index (χ0n) is 29.7. The van der Waals surface area contributed by atoms with Gasteiger partial charge in [0.1, 0.15) is 11.6 Å². The summed E-state index contributed by atoms with van der Waals surface area (Å²) in [7, 11) is 2.01. The third kappa shape index (κ3) is 4.68. The third-order valence-electron chi connectivity index (χ3n) is 11.0. The number of alkyl halides is 1. The van der Waals surface area contributed by atoms with Gasteiger partial charge in [-0.2, -0.15) is 0 Å². The molecule has 53 heavy (non-hydrogen) atoms. The Morgan fingerprint density at radius 1 is 0.642 bits per heavy atom. The largest absolute Gasteiger partial charge is 0.327 e. The number of imidazole rings is 1. The summed E-state index contributed by atoms with van der Waals surface area (Å²) in [6, 6.07) is 51.5. The number of aromatic nitrogens is 4. The second-order valence-corrected chi connectivity index (χ2v) is 14.4. The number of pyridine rings is 1. The van der Waals surface area contributed by atoms with E-state index >= 15 is 4.39 Å². The monoisotopic (exact) mass is 689 g/mol. The molecule has 0 saturated carbocycles. The molecule has 10 rings (SSSR count). The molecule has 0 bridgehead atoms. The molecule has 0 radical (unpaired) electrons. The van der Waals surface area contributed by atoms with Crippen molar-refractivity contribution in [1.82, 2.24) is 19.1 Å². The number of nitrogens with zero attached hydrogens (tertiary/aromatic N) is 5. The molecule has 3 aromatic heterocycles. The van der Waals surface area contributed by atoms with Crippen LogP contribution in [0.2, 0.25) is 0 Å². The van der Waals surface area contributed by atoms with E-state index in [1.807, 2.05) is 86.0 Å². The van der Waals surface area contributed by atoms with Gasteiger partial charge in [-0.15, -0.1) is 0 Å². The highest BCUT2D eigenvalue weighted by molar-refractivity contribution is 6.13. The molecule has 0 fully saturated rings. The van der Waals surface area contributed by atoms with E-state index in [1.165, 1.54) is 16.3 Å². The van der Waals surface area contributed by atoms with Gasteiger partial charge in [-0.3, -0.25) is 4.90 Å². The van der Waals surface area contributed by atoms with Crippen LogP contribution in [0.15, 0.2) is 158 Å². The Balaban J connectivity index is 1.16. The summed E-state index contributed by atoms with van der Waals surface area (Å²) in [6.07, 6.45) is 0.468. The van der Waals surface area contributed by atoms with Gasteiger partial charge in [0.2, 0.25) is 0 Å². The van der Waals surface area contributed by atoms with E-state index in [1.54, 1.807) is 0 Å². The van der Waals surface area contributed by atoms with Gasteiger partial charge in [-0.1, -0.05) is 105 Å². The van der Waals surface area contributed by atoms with Gasteiger partial charge in [0.05, 0.1) is 33.4 Å². The Labute approximate surface area is 307 Å². The second-order valence-electron chi connectivity index (χ2n) is 14.4. The van der Waals surface area contributed by atoms with Gasteiger partial charge in [0.25, 0.3) is 0 Å². The van der Waals surface area contributed by atoms with Gasteiger partial charge in [-0.25, -0.2) is 14.4 Å². The Morgan fingerprint density at radius 3 is 2.21 bits per heavy atom. The molecule has 4 heterocycles. The molecule has 0 aliphatic carbocycles. The number of hydrogen-bond acceptors (Lipinski definition) is 3. The maximum atomic E-state index is 17.0. The molecule has 0 saturated heterocycles. The summed E-state index contributed by atoms with van der Waals surface area (Å²) in [6.45, 7) is 4.58. The lowest BCUT2D eigenvalue weighted by molar-refractivity contribution is 0.402. The smallest absolute Gasteiger partial charge is 0.150 e. The van der Waals surface area contributed by atoms with Crippen LogP contribution in [0, 0.1) is 0 Å². The predicted molar refractivity (Wildman–Crippen MR) is 214 cm³/mol. The van der Waals surface area contributed by atoms with Gasteiger partial charge in [0.15, 0.2) is 6.17 Å². The minimum Gasteiger partial charge on any atom is -0.327 e. The predicted octanol–water partition coefficient (Wildman–Crippen LogP) is 11.9. The molecule has 6 heteroatoms. The van der Waals surface area contributed by atoms with Crippen molar-refractivity contribution in [3.63, 3.8) is 0 Å². The lowest BCUT2D eigenvalue weighted by atomic mass is 9.72. The zero-order valence-corrected chi connectivity index (χ0v) is 29.7. The molecule has 256 valence electrons. The third-order valence-corrected chi connectivity index (χ3v) is 11.0. The summed E-state index contributed by atoms with van der Waals surface area (Å²) in [5.74, 6) is 1.59. The molecule has 0 N–H and O–H groups in total. The van der Waals surface area contributed by atoms with Crippen LogP contribution in [0.3, 0.4) is 0 Å². The Bertz CT molecular complexity index is 2850. The molecule has 1 atom stereocenters. The number of rotatable bonds is 5. The Kier molecular flexibility index (Phi) is 6.92. The van der Waals surface area contributed by atoms with Crippen molar-refractivity contribution in [3.05, 3.63) is 180 Å². The first-order valence-electron chi connectivity index (χ1n) is 18.0. The van der Waals surface area contributed by atoms with Crippen molar-refractivity contribution in [1.29, 1.82) is 0 Å². The van der Waals surface area contributed by atoms with Crippen LogP contribution in [-0.2, 0) is 12.5 Å². The van der Waals surface area contributed by atoms with Crippen LogP contribution in [0.1, 0.15) is 42.3 Å². The number of halogens is 1. The van der Waals surface area contributed by atoms with E-state index in [-0.39, 0.29) is 0 Å². The quantitative estimate of drug-likeness (QED) is 0.181. The van der Waals surface area contributed by atoms with Crippen LogP contribution in [0.4, 0.5) is 21.6 Å². The highest BCUT2D eigenvalue weighted by Gasteiger charge is 2.40. The van der Waals surface area contributed by atoms with Gasteiger partial charge >= 0.3 is 0 Å². The van der Waals surface area contributed by atoms with Crippen LogP contribution < -0.4 is 4.90 Å². The molecule has 1 aliphatic rings. The topological polar surface area (TPSA) is 38.9 Å². The van der Waals surface area contributed by atoms with Crippen molar-refractivity contribution in [2.24, 2.45) is 7.05 Å². The van der Waals surface area contributed by atoms with E-state index in [9.17, 15) is 0 Å². The first-order valence-corrected chi connectivity index (χ1v) is 18.0. The van der Waals surface area contributed by atoms with Crippen LogP contribution >= 0.6 is 0 Å². The van der Waals surface area contributed by atoms with Crippen molar-refractivity contribution >= 4 is 50.0 Å². The van der Waals surface area contributed by atoms with E-state index < -0.39 is 11.6 Å². The first-order chi connectivity index (χ1) is 25.9. The van der Waals surface area contributed by atoms with E-state index in [2.05, 4.69) is 107 Å². The summed E-state index contributed by atoms with van der Waals surface area (Å²) in [4.78, 5) is 12.0. The number of aryl methyl sites for hydroxylation is 1. The lowest BCUT2D eigenvalue weighted by Gasteiger charge is -2.42. The van der Waals surface area contributed by atoms with Crippen LogP contribution in [-0.4, -0.2) is 19.1 Å². The molecule has 1 unspecified atom stereocenters. The van der Waals surface area contributed by atoms with Crippen molar-refractivity contribution in [2.45, 2.75) is 25.4 Å². The number of anilines is 3. The highest BCUT2D eigenvalue weighted by Crippen LogP contribution is 2.55. The molecule has 6 aromatic carbocycles. The second kappa shape index (κ2) is 11.8. The average Bonchev–Trinajstić information content (AvgIpc) is 3.72. The van der Waals surface area contributed by atoms with E-state index in [0.29, 0.717) is 11.1 Å². The SMILES string of the molecule is Cn1c(-c2cccc(C(F)c3ccc4c(c3)N(c3ccccn3)c3ccc5c6ccccc6n(-c6ccccc6)c5c3C4(C)C)c2)nc2ccccc21. The maximum Gasteiger partial charge on any atom is 0.150 e. The average molecular weight is 690 g/mol. The minimum atomic E-state index is -1.35. The number of fused-ring (bicyclic) bond motifs is 7. The fourth-order valence-corrected chi connectivity index (χ4v) is 8.54. The first kappa shape index (κ1) is 31.2. The van der Waals surface area contributed by atoms with E-state index in [0.717, 1.165) is 61.9 Å². The Morgan fingerprint density at radius 2 is 1.40 bits per heavy atom. The summed E-state index contributed by atoms with van der Waals surface area (Å²) >= 11 is 0.